The van der Waals surface area contributed by atoms with Crippen molar-refractivity contribution in [3.05, 3.63) is 52.7 Å². The first-order valence-electron chi connectivity index (χ1n) is 10.6. The van der Waals surface area contributed by atoms with E-state index in [-0.39, 0.29) is 6.04 Å². The lowest BCUT2D eigenvalue weighted by molar-refractivity contribution is 0.356. The maximum atomic E-state index is 9.63. The Morgan fingerprint density at radius 2 is 1.66 bits per heavy atom. The second-order valence-corrected chi connectivity index (χ2v) is 7.99. The molecular formula is C25H28N4O3. The first-order valence-corrected chi connectivity index (χ1v) is 10.6. The van der Waals surface area contributed by atoms with Gasteiger partial charge in [-0.2, -0.15) is 5.26 Å². The van der Waals surface area contributed by atoms with E-state index in [1.165, 1.54) is 16.7 Å². The first-order chi connectivity index (χ1) is 15.5. The molecule has 1 aromatic heterocycles. The molecule has 1 aliphatic rings. The number of piperazine rings is 1. The molecule has 1 unspecified atom stereocenters. The minimum atomic E-state index is 0.155. The number of rotatable bonds is 5. The van der Waals surface area contributed by atoms with E-state index >= 15 is 0 Å². The summed E-state index contributed by atoms with van der Waals surface area (Å²) in [4.78, 5) is 6.97. The number of ether oxygens (including phenoxy) is 3. The fourth-order valence-electron chi connectivity index (χ4n) is 4.63. The summed E-state index contributed by atoms with van der Waals surface area (Å²) in [5, 5.41) is 15.0. The molecule has 0 saturated carbocycles. The second kappa shape index (κ2) is 8.93. The number of pyridine rings is 1. The molecule has 1 N–H and O–H groups in total. The predicted molar refractivity (Wildman–Crippen MR) is 125 cm³/mol. The zero-order valence-corrected chi connectivity index (χ0v) is 19.2. The number of aryl methyl sites for hydroxylation is 2. The zero-order chi connectivity index (χ0) is 22.8. The molecule has 3 aromatic rings. The Labute approximate surface area is 188 Å². The molecule has 7 nitrogen and oxygen atoms in total. The van der Waals surface area contributed by atoms with Gasteiger partial charge in [-0.3, -0.25) is 0 Å². The van der Waals surface area contributed by atoms with Crippen LogP contribution >= 0.6 is 0 Å². The molecule has 7 heteroatoms. The summed E-state index contributed by atoms with van der Waals surface area (Å²) in [6.07, 6.45) is 1.64. The zero-order valence-electron chi connectivity index (χ0n) is 19.2. The molecule has 1 fully saturated rings. The van der Waals surface area contributed by atoms with Gasteiger partial charge >= 0.3 is 0 Å². The average molecular weight is 433 g/mol. The van der Waals surface area contributed by atoms with Crippen LogP contribution in [0.3, 0.4) is 0 Å². The van der Waals surface area contributed by atoms with Crippen LogP contribution in [-0.2, 0) is 0 Å². The van der Waals surface area contributed by atoms with Crippen molar-refractivity contribution in [2.24, 2.45) is 0 Å². The Hall–Kier alpha value is -3.50. The third-order valence-corrected chi connectivity index (χ3v) is 6.12. The van der Waals surface area contributed by atoms with Crippen LogP contribution in [0.15, 0.2) is 30.5 Å². The van der Waals surface area contributed by atoms with Gasteiger partial charge in [0, 0.05) is 36.6 Å². The van der Waals surface area contributed by atoms with Crippen molar-refractivity contribution < 1.29 is 14.2 Å². The maximum absolute atomic E-state index is 9.63. The Balaban J connectivity index is 1.77. The van der Waals surface area contributed by atoms with Crippen LogP contribution in [0.5, 0.6) is 17.2 Å². The molecule has 1 atom stereocenters. The molecular weight excluding hydrogens is 404 g/mol. The number of anilines is 1. The lowest BCUT2D eigenvalue weighted by Crippen LogP contribution is -2.46. The largest absolute Gasteiger partial charge is 0.497 e. The summed E-state index contributed by atoms with van der Waals surface area (Å²) < 4.78 is 16.4. The maximum Gasteiger partial charge on any atom is 0.161 e. The van der Waals surface area contributed by atoms with E-state index in [1.54, 1.807) is 27.5 Å². The van der Waals surface area contributed by atoms with Crippen molar-refractivity contribution in [2.45, 2.75) is 19.9 Å². The number of nitrogens with one attached hydrogen (secondary N) is 1. The summed E-state index contributed by atoms with van der Waals surface area (Å²) in [6, 6.07) is 10.3. The average Bonchev–Trinajstić information content (AvgIpc) is 2.81. The highest BCUT2D eigenvalue weighted by Crippen LogP contribution is 2.38. The van der Waals surface area contributed by atoms with Gasteiger partial charge in [0.05, 0.1) is 32.9 Å². The van der Waals surface area contributed by atoms with Crippen LogP contribution in [0.4, 0.5) is 5.82 Å². The number of benzene rings is 2. The molecule has 1 aliphatic heterocycles. The minimum Gasteiger partial charge on any atom is -0.497 e. The Morgan fingerprint density at radius 3 is 2.25 bits per heavy atom. The number of hydrogen-bond acceptors (Lipinski definition) is 7. The molecule has 0 aliphatic carbocycles. The van der Waals surface area contributed by atoms with Gasteiger partial charge < -0.3 is 24.4 Å². The molecule has 32 heavy (non-hydrogen) atoms. The van der Waals surface area contributed by atoms with E-state index in [4.69, 9.17) is 19.2 Å². The van der Waals surface area contributed by atoms with Crippen molar-refractivity contribution >= 4 is 16.6 Å². The van der Waals surface area contributed by atoms with Gasteiger partial charge in [0.25, 0.3) is 0 Å². The van der Waals surface area contributed by atoms with E-state index in [0.29, 0.717) is 17.1 Å². The highest BCUT2D eigenvalue weighted by Gasteiger charge is 2.26. The molecule has 0 amide bonds. The number of aromatic nitrogens is 1. The molecule has 2 aromatic carbocycles. The highest BCUT2D eigenvalue weighted by molar-refractivity contribution is 5.98. The smallest absolute Gasteiger partial charge is 0.161 e. The predicted octanol–water partition coefficient (Wildman–Crippen LogP) is 3.90. The SMILES string of the molecule is COc1cc(C)c(C2CN(c3ncc(C#N)c4cc(OC)c(OC)cc34)CCN2)c(C)c1. The van der Waals surface area contributed by atoms with Gasteiger partial charge in [0.2, 0.25) is 0 Å². The lowest BCUT2D eigenvalue weighted by atomic mass is 9.94. The van der Waals surface area contributed by atoms with Gasteiger partial charge in [0.1, 0.15) is 17.6 Å². The normalized spacial score (nSPS) is 16.0. The summed E-state index contributed by atoms with van der Waals surface area (Å²) in [5.41, 5.74) is 4.20. The first kappa shape index (κ1) is 21.7. The van der Waals surface area contributed by atoms with Crippen LogP contribution in [-0.4, -0.2) is 45.9 Å². The third kappa shape index (κ3) is 3.78. The number of methoxy groups -OCH3 is 3. The number of fused-ring (bicyclic) bond motifs is 1. The van der Waals surface area contributed by atoms with E-state index < -0.39 is 0 Å². The van der Waals surface area contributed by atoms with Gasteiger partial charge in [0.15, 0.2) is 11.5 Å². The number of nitrogens with zero attached hydrogens (tertiary/aromatic N) is 3. The molecule has 166 valence electrons. The molecule has 0 bridgehead atoms. The topological polar surface area (TPSA) is 79.6 Å². The summed E-state index contributed by atoms with van der Waals surface area (Å²) in [7, 11) is 4.90. The Bertz CT molecular complexity index is 1180. The molecule has 1 saturated heterocycles. The van der Waals surface area contributed by atoms with Crippen LogP contribution in [0, 0.1) is 25.2 Å². The van der Waals surface area contributed by atoms with Gasteiger partial charge in [-0.05, 0) is 54.8 Å². The fourth-order valence-corrected chi connectivity index (χ4v) is 4.63. The van der Waals surface area contributed by atoms with Crippen molar-refractivity contribution in [1.82, 2.24) is 10.3 Å². The van der Waals surface area contributed by atoms with Crippen LogP contribution < -0.4 is 24.4 Å². The molecule has 0 radical (unpaired) electrons. The van der Waals surface area contributed by atoms with Gasteiger partial charge in [-0.1, -0.05) is 0 Å². The van der Waals surface area contributed by atoms with Crippen molar-refractivity contribution in [2.75, 3.05) is 45.9 Å². The van der Waals surface area contributed by atoms with Crippen LogP contribution in [0.2, 0.25) is 0 Å². The van der Waals surface area contributed by atoms with Crippen molar-refractivity contribution in [3.63, 3.8) is 0 Å². The Kier molecular flexibility index (Phi) is 6.06. The van der Waals surface area contributed by atoms with E-state index in [9.17, 15) is 5.26 Å². The van der Waals surface area contributed by atoms with Crippen molar-refractivity contribution in [1.29, 1.82) is 5.26 Å². The number of nitriles is 1. The summed E-state index contributed by atoms with van der Waals surface area (Å²) in [5.74, 6) is 2.93. The van der Waals surface area contributed by atoms with Crippen LogP contribution in [0.25, 0.3) is 10.8 Å². The molecule has 4 rings (SSSR count). The minimum absolute atomic E-state index is 0.155. The summed E-state index contributed by atoms with van der Waals surface area (Å²) in [6.45, 7) is 6.64. The van der Waals surface area contributed by atoms with E-state index in [1.807, 2.05) is 12.1 Å². The lowest BCUT2D eigenvalue weighted by Gasteiger charge is -2.36. The third-order valence-electron chi connectivity index (χ3n) is 6.12. The molecule has 0 spiro atoms. The van der Waals surface area contributed by atoms with Gasteiger partial charge in [-0.15, -0.1) is 0 Å². The standard InChI is InChI=1S/C25H28N4O3/c1-15-8-18(30-3)9-16(2)24(15)21-14-29(7-6-27-21)25-20-11-23(32-5)22(31-4)10-19(20)17(12-26)13-28-25/h8-11,13,21,27H,6-7,14H2,1-5H3. The highest BCUT2D eigenvalue weighted by atomic mass is 16.5. The molecule has 2 heterocycles. The quantitative estimate of drug-likeness (QED) is 0.655. The van der Waals surface area contributed by atoms with Crippen LogP contribution in [0.1, 0.15) is 28.3 Å². The van der Waals surface area contributed by atoms with Crippen molar-refractivity contribution in [3.8, 4) is 23.3 Å². The van der Waals surface area contributed by atoms with E-state index in [0.717, 1.165) is 42.0 Å². The second-order valence-electron chi connectivity index (χ2n) is 7.99. The monoisotopic (exact) mass is 432 g/mol. The number of hydrogen-bond donors (Lipinski definition) is 1. The van der Waals surface area contributed by atoms with Gasteiger partial charge in [-0.25, -0.2) is 4.98 Å². The Morgan fingerprint density at radius 1 is 1.00 bits per heavy atom. The van der Waals surface area contributed by atoms with E-state index in [2.05, 4.69) is 42.3 Å². The fraction of sp³-hybridized carbons (Fsp3) is 0.360. The summed E-state index contributed by atoms with van der Waals surface area (Å²) >= 11 is 0.